The monoisotopic (exact) mass is 269 g/mol. The van der Waals surface area contributed by atoms with E-state index in [1.807, 2.05) is 12.1 Å². The number of amides is 1. The number of nitrogens with zero attached hydrogens (tertiary/aromatic N) is 3. The van der Waals surface area contributed by atoms with Gasteiger partial charge in [0.15, 0.2) is 0 Å². The summed E-state index contributed by atoms with van der Waals surface area (Å²) in [5.74, 6) is 0.491. The second kappa shape index (κ2) is 5.64. The Bertz CT molecular complexity index is 580. The molecule has 1 saturated carbocycles. The van der Waals surface area contributed by atoms with E-state index in [1.54, 1.807) is 18.6 Å². The number of carbonyl (C=O) groups excluding carboxylic acids is 1. The van der Waals surface area contributed by atoms with Crippen molar-refractivity contribution in [2.75, 3.05) is 5.32 Å². The van der Waals surface area contributed by atoms with E-state index in [4.69, 9.17) is 0 Å². The van der Waals surface area contributed by atoms with Crippen molar-refractivity contribution in [2.45, 2.75) is 25.4 Å². The molecule has 102 valence electrons. The molecule has 0 spiro atoms. The van der Waals surface area contributed by atoms with E-state index in [-0.39, 0.29) is 5.91 Å². The van der Waals surface area contributed by atoms with Crippen LogP contribution in [0.1, 0.15) is 28.9 Å². The molecule has 2 aromatic heterocycles. The molecule has 6 nitrogen and oxygen atoms in total. The number of aromatic nitrogens is 3. The molecule has 1 aliphatic carbocycles. The summed E-state index contributed by atoms with van der Waals surface area (Å²) < 4.78 is 0. The first-order valence-corrected chi connectivity index (χ1v) is 6.57. The largest absolute Gasteiger partial charge is 0.365 e. The quantitative estimate of drug-likeness (QED) is 0.857. The van der Waals surface area contributed by atoms with Gasteiger partial charge in [-0.3, -0.25) is 9.78 Å². The molecule has 6 heteroatoms. The molecule has 0 aliphatic heterocycles. The molecule has 0 bridgehead atoms. The molecule has 0 saturated heterocycles. The van der Waals surface area contributed by atoms with Crippen LogP contribution in [0.15, 0.2) is 36.9 Å². The topological polar surface area (TPSA) is 79.8 Å². The second-order valence-electron chi connectivity index (χ2n) is 4.74. The lowest BCUT2D eigenvalue weighted by Gasteiger charge is -2.06. The lowest BCUT2D eigenvalue weighted by atomic mass is 10.3. The Hall–Kier alpha value is -2.50. The molecule has 0 radical (unpaired) electrons. The molecule has 1 fully saturated rings. The van der Waals surface area contributed by atoms with Gasteiger partial charge in [-0.1, -0.05) is 0 Å². The Morgan fingerprint density at radius 1 is 1.20 bits per heavy atom. The number of nitrogens with one attached hydrogen (secondary N) is 2. The van der Waals surface area contributed by atoms with Crippen molar-refractivity contribution in [3.05, 3.63) is 48.2 Å². The van der Waals surface area contributed by atoms with Crippen LogP contribution in [-0.2, 0) is 6.54 Å². The molecular weight excluding hydrogens is 254 g/mol. The van der Waals surface area contributed by atoms with Crippen molar-refractivity contribution in [1.29, 1.82) is 0 Å². The van der Waals surface area contributed by atoms with Crippen LogP contribution in [0.3, 0.4) is 0 Å². The van der Waals surface area contributed by atoms with E-state index in [9.17, 15) is 4.79 Å². The van der Waals surface area contributed by atoms with Gasteiger partial charge >= 0.3 is 0 Å². The molecule has 1 amide bonds. The average molecular weight is 269 g/mol. The van der Waals surface area contributed by atoms with Gasteiger partial charge in [0.25, 0.3) is 5.91 Å². The number of rotatable bonds is 5. The second-order valence-corrected chi connectivity index (χ2v) is 4.74. The normalized spacial score (nSPS) is 13.8. The fraction of sp³-hybridized carbons (Fsp3) is 0.286. The van der Waals surface area contributed by atoms with Crippen LogP contribution in [0.2, 0.25) is 0 Å². The Labute approximate surface area is 116 Å². The van der Waals surface area contributed by atoms with E-state index < -0.39 is 0 Å². The minimum absolute atomic E-state index is 0.152. The Balaban J connectivity index is 1.56. The first-order valence-electron chi connectivity index (χ1n) is 6.57. The average Bonchev–Trinajstić information content (AvgIpc) is 3.31. The Kier molecular flexibility index (Phi) is 3.54. The smallest absolute Gasteiger partial charge is 0.271 e. The summed E-state index contributed by atoms with van der Waals surface area (Å²) in [5.41, 5.74) is 1.46. The zero-order chi connectivity index (χ0) is 13.8. The Morgan fingerprint density at radius 2 is 2.00 bits per heavy atom. The van der Waals surface area contributed by atoms with E-state index in [2.05, 4.69) is 25.6 Å². The predicted molar refractivity (Wildman–Crippen MR) is 74.1 cm³/mol. The third-order valence-corrected chi connectivity index (χ3v) is 3.02. The molecule has 0 aromatic carbocycles. The van der Waals surface area contributed by atoms with Crippen LogP contribution >= 0.6 is 0 Å². The molecular formula is C14H15N5O. The summed E-state index contributed by atoms with van der Waals surface area (Å²) >= 11 is 0. The first-order chi connectivity index (χ1) is 9.81. The fourth-order valence-corrected chi connectivity index (χ4v) is 1.72. The van der Waals surface area contributed by atoms with Gasteiger partial charge < -0.3 is 10.6 Å². The highest BCUT2D eigenvalue weighted by molar-refractivity contribution is 5.92. The van der Waals surface area contributed by atoms with Crippen LogP contribution < -0.4 is 10.6 Å². The zero-order valence-electron chi connectivity index (χ0n) is 10.9. The lowest BCUT2D eigenvalue weighted by molar-refractivity contribution is 0.0945. The third-order valence-electron chi connectivity index (χ3n) is 3.02. The Morgan fingerprint density at radius 3 is 2.65 bits per heavy atom. The van der Waals surface area contributed by atoms with Gasteiger partial charge in [-0.25, -0.2) is 9.97 Å². The molecule has 2 N–H and O–H groups in total. The number of hydrogen-bond acceptors (Lipinski definition) is 5. The van der Waals surface area contributed by atoms with Crippen molar-refractivity contribution in [3.63, 3.8) is 0 Å². The van der Waals surface area contributed by atoms with Crippen molar-refractivity contribution in [3.8, 4) is 0 Å². The van der Waals surface area contributed by atoms with Gasteiger partial charge in [-0.2, -0.15) is 0 Å². The number of pyridine rings is 1. The van der Waals surface area contributed by atoms with Crippen molar-refractivity contribution < 1.29 is 4.79 Å². The SMILES string of the molecule is O=C(NC1CC1)c1cnc(NCc2ccncc2)cn1. The predicted octanol–water partition coefficient (Wildman–Crippen LogP) is 1.38. The number of hydrogen-bond donors (Lipinski definition) is 2. The lowest BCUT2D eigenvalue weighted by Crippen LogP contribution is -2.26. The van der Waals surface area contributed by atoms with E-state index in [0.29, 0.717) is 24.1 Å². The standard InChI is InChI=1S/C14H15N5O/c20-14(19-11-1-2-11)12-8-18-13(9-16-12)17-7-10-3-5-15-6-4-10/h3-6,8-9,11H,1-2,7H2,(H,17,18)(H,19,20). The number of carbonyl (C=O) groups is 1. The minimum Gasteiger partial charge on any atom is -0.365 e. The van der Waals surface area contributed by atoms with Crippen LogP contribution in [0, 0.1) is 0 Å². The summed E-state index contributed by atoms with van der Waals surface area (Å²) in [6.07, 6.45) is 8.67. The minimum atomic E-state index is -0.152. The van der Waals surface area contributed by atoms with Gasteiger partial charge in [0.2, 0.25) is 0 Å². The maximum atomic E-state index is 11.7. The van der Waals surface area contributed by atoms with Crippen LogP contribution in [-0.4, -0.2) is 26.9 Å². The zero-order valence-corrected chi connectivity index (χ0v) is 10.9. The molecule has 2 aromatic rings. The fourth-order valence-electron chi connectivity index (χ4n) is 1.72. The molecule has 0 atom stereocenters. The van der Waals surface area contributed by atoms with Crippen LogP contribution in [0.4, 0.5) is 5.82 Å². The summed E-state index contributed by atoms with van der Waals surface area (Å²) in [7, 11) is 0. The summed E-state index contributed by atoms with van der Waals surface area (Å²) in [4.78, 5) is 24.0. The molecule has 3 rings (SSSR count). The molecule has 2 heterocycles. The highest BCUT2D eigenvalue weighted by atomic mass is 16.2. The van der Waals surface area contributed by atoms with Gasteiger partial charge in [0.1, 0.15) is 11.5 Å². The van der Waals surface area contributed by atoms with Crippen LogP contribution in [0.25, 0.3) is 0 Å². The number of anilines is 1. The maximum Gasteiger partial charge on any atom is 0.271 e. The van der Waals surface area contributed by atoms with Gasteiger partial charge in [0.05, 0.1) is 12.4 Å². The van der Waals surface area contributed by atoms with Crippen LogP contribution in [0.5, 0.6) is 0 Å². The highest BCUT2D eigenvalue weighted by Crippen LogP contribution is 2.19. The first kappa shape index (κ1) is 12.5. The van der Waals surface area contributed by atoms with E-state index in [0.717, 1.165) is 18.4 Å². The molecule has 20 heavy (non-hydrogen) atoms. The summed E-state index contributed by atoms with van der Waals surface area (Å²) in [5, 5.41) is 6.03. The van der Waals surface area contributed by atoms with Crippen molar-refractivity contribution in [2.24, 2.45) is 0 Å². The highest BCUT2D eigenvalue weighted by Gasteiger charge is 2.24. The van der Waals surface area contributed by atoms with Gasteiger partial charge in [-0.15, -0.1) is 0 Å². The van der Waals surface area contributed by atoms with Gasteiger partial charge in [-0.05, 0) is 30.5 Å². The van der Waals surface area contributed by atoms with E-state index in [1.165, 1.54) is 6.20 Å². The third kappa shape index (κ3) is 3.28. The van der Waals surface area contributed by atoms with Crippen molar-refractivity contribution in [1.82, 2.24) is 20.3 Å². The maximum absolute atomic E-state index is 11.7. The summed E-state index contributed by atoms with van der Waals surface area (Å²) in [6.45, 7) is 0.644. The molecule has 1 aliphatic rings. The van der Waals surface area contributed by atoms with E-state index >= 15 is 0 Å². The summed E-state index contributed by atoms with van der Waals surface area (Å²) in [6, 6.07) is 4.18. The van der Waals surface area contributed by atoms with Gasteiger partial charge in [0, 0.05) is 25.0 Å². The van der Waals surface area contributed by atoms with Crippen molar-refractivity contribution >= 4 is 11.7 Å². The molecule has 0 unspecified atom stereocenters.